The smallest absolute Gasteiger partial charge is 0.278 e. The molecular weight excluding hydrogens is 246 g/mol. The summed E-state index contributed by atoms with van der Waals surface area (Å²) >= 11 is 0. The number of hydrogen-bond donors (Lipinski definition) is 0. The molecule has 1 saturated heterocycles. The van der Waals surface area contributed by atoms with Gasteiger partial charge >= 0.3 is 0 Å². The van der Waals surface area contributed by atoms with Gasteiger partial charge in [0.25, 0.3) is 5.91 Å². The van der Waals surface area contributed by atoms with Crippen LogP contribution in [-0.2, 0) is 4.84 Å². The van der Waals surface area contributed by atoms with E-state index < -0.39 is 0 Å². The summed E-state index contributed by atoms with van der Waals surface area (Å²) in [5.74, 6) is 1.17. The van der Waals surface area contributed by atoms with Gasteiger partial charge in [-0.05, 0) is 31.0 Å². The van der Waals surface area contributed by atoms with Gasteiger partial charge in [0.15, 0.2) is 11.5 Å². The van der Waals surface area contributed by atoms with E-state index in [1.807, 2.05) is 12.2 Å². The topological polar surface area (TPSA) is 48.0 Å². The van der Waals surface area contributed by atoms with Crippen molar-refractivity contribution in [2.75, 3.05) is 6.79 Å². The highest BCUT2D eigenvalue weighted by Crippen LogP contribution is 2.34. The largest absolute Gasteiger partial charge is 0.454 e. The number of hydrogen-bond acceptors (Lipinski definition) is 4. The summed E-state index contributed by atoms with van der Waals surface area (Å²) in [7, 11) is 0. The molecule has 0 radical (unpaired) electrons. The quantitative estimate of drug-likeness (QED) is 0.723. The Labute approximate surface area is 110 Å². The maximum Gasteiger partial charge on any atom is 0.278 e. The van der Waals surface area contributed by atoms with Crippen LogP contribution in [0.25, 0.3) is 0 Å². The number of fused-ring (bicyclic) bond motifs is 3. The molecule has 1 aromatic rings. The zero-order chi connectivity index (χ0) is 12.8. The van der Waals surface area contributed by atoms with E-state index in [0.29, 0.717) is 17.1 Å². The molecule has 98 valence electrons. The van der Waals surface area contributed by atoms with Crippen LogP contribution in [0.15, 0.2) is 30.4 Å². The molecule has 1 fully saturated rings. The van der Waals surface area contributed by atoms with Crippen LogP contribution in [0.3, 0.4) is 0 Å². The van der Waals surface area contributed by atoms with Gasteiger partial charge in [-0.3, -0.25) is 9.63 Å². The Kier molecular flexibility index (Phi) is 2.29. The van der Waals surface area contributed by atoms with Crippen molar-refractivity contribution in [2.24, 2.45) is 0 Å². The van der Waals surface area contributed by atoms with Crippen molar-refractivity contribution in [3.63, 3.8) is 0 Å². The first kappa shape index (κ1) is 10.9. The highest BCUT2D eigenvalue weighted by Gasteiger charge is 2.35. The average molecular weight is 259 g/mol. The van der Waals surface area contributed by atoms with Gasteiger partial charge in [0.1, 0.15) is 6.10 Å². The summed E-state index contributed by atoms with van der Waals surface area (Å²) in [5, 5.41) is 1.48. The molecular formula is C14H13NO4. The highest BCUT2D eigenvalue weighted by atomic mass is 16.7. The van der Waals surface area contributed by atoms with E-state index in [-0.39, 0.29) is 24.8 Å². The molecule has 1 amide bonds. The van der Waals surface area contributed by atoms with Gasteiger partial charge in [-0.2, -0.15) is 0 Å². The van der Waals surface area contributed by atoms with E-state index in [4.69, 9.17) is 14.3 Å². The number of rotatable bonds is 1. The Morgan fingerprint density at radius 3 is 2.79 bits per heavy atom. The van der Waals surface area contributed by atoms with E-state index in [2.05, 4.69) is 0 Å². The van der Waals surface area contributed by atoms with Gasteiger partial charge in [0, 0.05) is 5.56 Å². The maximum absolute atomic E-state index is 12.5. The van der Waals surface area contributed by atoms with Crippen LogP contribution in [0.4, 0.5) is 0 Å². The Hall–Kier alpha value is -2.01. The molecule has 1 aromatic carbocycles. The van der Waals surface area contributed by atoms with Crippen molar-refractivity contribution >= 4 is 5.91 Å². The van der Waals surface area contributed by atoms with Gasteiger partial charge < -0.3 is 9.47 Å². The Bertz CT molecular complexity index is 569. The molecule has 0 saturated carbocycles. The standard InChI is InChI=1S/C14H13NO4/c16-14(15-10-2-4-11(19-15)5-3-10)9-1-6-12-13(7-9)18-8-17-12/h1-2,4,6-7,10-11H,3,5,8H2/t10-,11-/m1/s1. The van der Waals surface area contributed by atoms with Gasteiger partial charge in [-0.25, -0.2) is 5.06 Å². The van der Waals surface area contributed by atoms with Gasteiger partial charge in [0.2, 0.25) is 6.79 Å². The molecule has 3 aliphatic heterocycles. The second kappa shape index (κ2) is 3.99. The highest BCUT2D eigenvalue weighted by molar-refractivity contribution is 5.94. The number of amides is 1. The zero-order valence-corrected chi connectivity index (χ0v) is 10.2. The molecule has 0 spiro atoms. The van der Waals surface area contributed by atoms with E-state index in [9.17, 15) is 4.79 Å². The van der Waals surface area contributed by atoms with Crippen molar-refractivity contribution in [2.45, 2.75) is 25.0 Å². The third-order valence-corrected chi connectivity index (χ3v) is 3.66. The van der Waals surface area contributed by atoms with Crippen molar-refractivity contribution in [3.8, 4) is 11.5 Å². The molecule has 2 bridgehead atoms. The zero-order valence-electron chi connectivity index (χ0n) is 10.2. The van der Waals surface area contributed by atoms with E-state index >= 15 is 0 Å². The van der Waals surface area contributed by atoms with Crippen LogP contribution < -0.4 is 9.47 Å². The first-order valence-corrected chi connectivity index (χ1v) is 6.39. The lowest BCUT2D eigenvalue weighted by molar-refractivity contribution is -0.197. The van der Waals surface area contributed by atoms with Gasteiger partial charge in [-0.1, -0.05) is 12.2 Å². The van der Waals surface area contributed by atoms with E-state index in [1.54, 1.807) is 18.2 Å². The molecule has 0 N–H and O–H groups in total. The number of carbonyl (C=O) groups excluding carboxylic acids is 1. The number of benzene rings is 1. The van der Waals surface area contributed by atoms with Gasteiger partial charge in [-0.15, -0.1) is 0 Å². The molecule has 0 aromatic heterocycles. The van der Waals surface area contributed by atoms with E-state index in [0.717, 1.165) is 12.8 Å². The minimum absolute atomic E-state index is 0.0305. The number of hydroxylamine groups is 2. The molecule has 1 aliphatic carbocycles. The molecule has 5 rings (SSSR count). The fourth-order valence-electron chi connectivity index (χ4n) is 2.64. The van der Waals surface area contributed by atoms with Crippen LogP contribution in [-0.4, -0.2) is 29.9 Å². The molecule has 19 heavy (non-hydrogen) atoms. The van der Waals surface area contributed by atoms with Crippen molar-refractivity contribution in [3.05, 3.63) is 35.9 Å². The van der Waals surface area contributed by atoms with Crippen molar-refractivity contribution in [1.82, 2.24) is 5.06 Å². The predicted molar refractivity (Wildman–Crippen MR) is 65.8 cm³/mol. The Balaban J connectivity index is 1.62. The van der Waals surface area contributed by atoms with Crippen molar-refractivity contribution < 1.29 is 19.1 Å². The molecule has 3 heterocycles. The minimum Gasteiger partial charge on any atom is -0.454 e. The summed E-state index contributed by atoms with van der Waals surface area (Å²) in [5.41, 5.74) is 0.560. The third-order valence-electron chi connectivity index (χ3n) is 3.66. The number of carbonyl (C=O) groups is 1. The van der Waals surface area contributed by atoms with Crippen LogP contribution in [0.2, 0.25) is 0 Å². The first-order chi connectivity index (χ1) is 9.31. The lowest BCUT2D eigenvalue weighted by Crippen LogP contribution is -2.48. The third kappa shape index (κ3) is 1.69. The second-order valence-electron chi connectivity index (χ2n) is 4.87. The second-order valence-corrected chi connectivity index (χ2v) is 4.87. The number of nitrogens with zero attached hydrogens (tertiary/aromatic N) is 1. The number of ether oxygens (including phenoxy) is 2. The first-order valence-electron chi connectivity index (χ1n) is 6.39. The summed E-state index contributed by atoms with van der Waals surface area (Å²) in [6, 6.07) is 5.25. The van der Waals surface area contributed by atoms with Crippen LogP contribution in [0.1, 0.15) is 23.2 Å². The van der Waals surface area contributed by atoms with Crippen LogP contribution >= 0.6 is 0 Å². The summed E-state index contributed by atoms with van der Waals surface area (Å²) < 4.78 is 10.5. The lowest BCUT2D eigenvalue weighted by Gasteiger charge is -2.40. The average Bonchev–Trinajstić information content (AvgIpc) is 2.95. The minimum atomic E-state index is -0.127. The summed E-state index contributed by atoms with van der Waals surface area (Å²) in [6.07, 6.45) is 6.03. The summed E-state index contributed by atoms with van der Waals surface area (Å²) in [6.45, 7) is 0.209. The molecule has 5 nitrogen and oxygen atoms in total. The Morgan fingerprint density at radius 2 is 2.05 bits per heavy atom. The molecule has 5 heteroatoms. The summed E-state index contributed by atoms with van der Waals surface area (Å²) in [4.78, 5) is 18.1. The normalized spacial score (nSPS) is 26.8. The van der Waals surface area contributed by atoms with Crippen LogP contribution in [0.5, 0.6) is 11.5 Å². The molecule has 2 atom stereocenters. The van der Waals surface area contributed by atoms with E-state index in [1.165, 1.54) is 5.06 Å². The fraction of sp³-hybridized carbons (Fsp3) is 0.357. The van der Waals surface area contributed by atoms with Crippen molar-refractivity contribution in [1.29, 1.82) is 0 Å². The molecule has 0 unspecified atom stereocenters. The predicted octanol–water partition coefficient (Wildman–Crippen LogP) is 1.89. The Morgan fingerprint density at radius 1 is 1.16 bits per heavy atom. The lowest BCUT2D eigenvalue weighted by atomic mass is 9.98. The monoisotopic (exact) mass is 259 g/mol. The fourth-order valence-corrected chi connectivity index (χ4v) is 2.64. The maximum atomic E-state index is 12.5. The van der Waals surface area contributed by atoms with Crippen LogP contribution in [0, 0.1) is 0 Å². The SMILES string of the molecule is O=C(c1ccc2c(c1)OCO2)N1O[C@@H]2C=C[C@@H]1CC2. The molecule has 4 aliphatic rings. The van der Waals surface area contributed by atoms with Gasteiger partial charge in [0.05, 0.1) is 6.04 Å².